The number of methoxy groups -OCH3 is 2. The van der Waals surface area contributed by atoms with Crippen molar-refractivity contribution in [1.29, 1.82) is 0 Å². The minimum Gasteiger partial charge on any atom is -0.468 e. The molecule has 1 spiro atoms. The lowest BCUT2D eigenvalue weighted by molar-refractivity contribution is -0.339. The first kappa shape index (κ1) is 16.9. The second-order valence-corrected chi connectivity index (χ2v) is 7.75. The minimum absolute atomic E-state index is 0.00591. The van der Waals surface area contributed by atoms with Crippen molar-refractivity contribution in [3.05, 3.63) is 12.2 Å². The fraction of sp³-hybridized carbons (Fsp3) is 0.833. The Kier molecular flexibility index (Phi) is 3.90. The number of carbonyl (C=O) groups excluding carboxylic acids is 1. The van der Waals surface area contributed by atoms with Gasteiger partial charge in [-0.1, -0.05) is 13.5 Å². The van der Waals surface area contributed by atoms with Gasteiger partial charge in [-0.25, -0.2) is 0 Å². The van der Waals surface area contributed by atoms with Gasteiger partial charge in [-0.15, -0.1) is 0 Å². The highest BCUT2D eigenvalue weighted by molar-refractivity contribution is 5.79. The van der Waals surface area contributed by atoms with E-state index in [0.717, 1.165) is 31.3 Å². The van der Waals surface area contributed by atoms with Gasteiger partial charge in [-0.05, 0) is 38.2 Å². The van der Waals surface area contributed by atoms with Crippen LogP contribution >= 0.6 is 0 Å². The molecule has 3 fully saturated rings. The van der Waals surface area contributed by atoms with E-state index in [4.69, 9.17) is 18.9 Å². The molecule has 2 bridgehead atoms. The molecule has 130 valence electrons. The van der Waals surface area contributed by atoms with Gasteiger partial charge in [-0.3, -0.25) is 4.79 Å². The number of fused-ring (bicyclic) bond motifs is 1. The first-order chi connectivity index (χ1) is 10.8. The Labute approximate surface area is 138 Å². The van der Waals surface area contributed by atoms with Gasteiger partial charge < -0.3 is 18.9 Å². The number of rotatable bonds is 4. The third-order valence-electron chi connectivity index (χ3n) is 6.59. The highest BCUT2D eigenvalue weighted by Crippen LogP contribution is 2.69. The van der Waals surface area contributed by atoms with Gasteiger partial charge in [0.15, 0.2) is 5.79 Å². The van der Waals surface area contributed by atoms with Crippen molar-refractivity contribution in [2.75, 3.05) is 21.0 Å². The highest BCUT2D eigenvalue weighted by Gasteiger charge is 2.75. The van der Waals surface area contributed by atoms with Crippen molar-refractivity contribution >= 4 is 5.97 Å². The van der Waals surface area contributed by atoms with Crippen LogP contribution in [0, 0.1) is 10.8 Å². The summed E-state index contributed by atoms with van der Waals surface area (Å²) in [6, 6.07) is 0. The maximum absolute atomic E-state index is 12.7. The molecule has 23 heavy (non-hydrogen) atoms. The van der Waals surface area contributed by atoms with Crippen LogP contribution in [-0.2, 0) is 23.7 Å². The summed E-state index contributed by atoms with van der Waals surface area (Å²) in [4.78, 5) is 12.7. The van der Waals surface area contributed by atoms with E-state index in [1.54, 1.807) is 7.11 Å². The zero-order valence-corrected chi connectivity index (χ0v) is 14.7. The average Bonchev–Trinajstić information content (AvgIpc) is 2.77. The number of hydrogen-bond donors (Lipinski definition) is 0. The summed E-state index contributed by atoms with van der Waals surface area (Å²) < 4.78 is 22.9. The van der Waals surface area contributed by atoms with Crippen LogP contribution in [0.15, 0.2) is 12.2 Å². The van der Waals surface area contributed by atoms with Crippen LogP contribution < -0.4 is 0 Å². The molecule has 0 amide bonds. The van der Waals surface area contributed by atoms with Gasteiger partial charge in [0, 0.05) is 25.4 Å². The van der Waals surface area contributed by atoms with E-state index in [1.165, 1.54) is 7.11 Å². The fourth-order valence-electron chi connectivity index (χ4n) is 5.08. The van der Waals surface area contributed by atoms with E-state index >= 15 is 0 Å². The third kappa shape index (κ3) is 1.99. The summed E-state index contributed by atoms with van der Waals surface area (Å²) in [5.41, 5.74) is -0.295. The van der Waals surface area contributed by atoms with E-state index in [2.05, 4.69) is 13.5 Å². The van der Waals surface area contributed by atoms with Crippen molar-refractivity contribution in [1.82, 2.24) is 0 Å². The minimum atomic E-state index is -1.00. The highest BCUT2D eigenvalue weighted by atomic mass is 16.8. The van der Waals surface area contributed by atoms with Crippen molar-refractivity contribution in [3.8, 4) is 0 Å². The lowest BCUT2D eigenvalue weighted by Gasteiger charge is -2.55. The van der Waals surface area contributed by atoms with Gasteiger partial charge in [0.1, 0.15) is 12.2 Å². The Morgan fingerprint density at radius 3 is 2.65 bits per heavy atom. The Morgan fingerprint density at radius 1 is 1.26 bits per heavy atom. The van der Waals surface area contributed by atoms with E-state index in [-0.39, 0.29) is 18.2 Å². The fourth-order valence-corrected chi connectivity index (χ4v) is 5.08. The van der Waals surface area contributed by atoms with Crippen molar-refractivity contribution in [2.45, 2.75) is 63.8 Å². The summed E-state index contributed by atoms with van der Waals surface area (Å²) in [5, 5.41) is 0. The normalized spacial score (nSPS) is 45.7. The first-order valence-corrected chi connectivity index (χ1v) is 8.39. The molecule has 4 atom stereocenters. The molecular formula is C18H28O5. The Bertz CT molecular complexity index is 532. The molecule has 0 aromatic carbocycles. The predicted octanol–water partition coefficient (Wildman–Crippen LogP) is 3.18. The Hall–Kier alpha value is -0.910. The van der Waals surface area contributed by atoms with E-state index in [1.807, 2.05) is 6.92 Å². The number of ether oxygens (including phenoxy) is 4. The van der Waals surface area contributed by atoms with Crippen molar-refractivity contribution in [3.63, 3.8) is 0 Å². The lowest BCUT2D eigenvalue weighted by atomic mass is 9.58. The average molecular weight is 324 g/mol. The van der Waals surface area contributed by atoms with Gasteiger partial charge in [-0.2, -0.15) is 0 Å². The largest absolute Gasteiger partial charge is 0.468 e. The van der Waals surface area contributed by atoms with Crippen LogP contribution in [0.2, 0.25) is 0 Å². The van der Waals surface area contributed by atoms with E-state index in [9.17, 15) is 4.79 Å². The zero-order valence-electron chi connectivity index (χ0n) is 14.7. The lowest BCUT2D eigenvalue weighted by Crippen LogP contribution is -2.58. The van der Waals surface area contributed by atoms with Crippen LogP contribution in [0.25, 0.3) is 0 Å². The van der Waals surface area contributed by atoms with Crippen LogP contribution in [-0.4, -0.2) is 38.4 Å². The molecule has 3 rings (SSSR count). The molecular weight excluding hydrogens is 296 g/mol. The van der Waals surface area contributed by atoms with Crippen LogP contribution in [0.4, 0.5) is 0 Å². The van der Waals surface area contributed by atoms with Crippen molar-refractivity contribution in [2.24, 2.45) is 10.8 Å². The third-order valence-corrected chi connectivity index (χ3v) is 6.59. The SMILES string of the molecule is C=C1CCC[C@@]2(C)CC[C@@]3(OCOC)O[C@@]12C[C@@]3(C)C(=O)OC. The topological polar surface area (TPSA) is 54.0 Å². The molecule has 0 radical (unpaired) electrons. The quantitative estimate of drug-likeness (QED) is 0.452. The van der Waals surface area contributed by atoms with Gasteiger partial charge in [0.2, 0.25) is 0 Å². The maximum atomic E-state index is 12.7. The molecule has 5 heteroatoms. The van der Waals surface area contributed by atoms with Gasteiger partial charge in [0.25, 0.3) is 0 Å². The van der Waals surface area contributed by atoms with E-state index < -0.39 is 16.8 Å². The summed E-state index contributed by atoms with van der Waals surface area (Å²) in [6.07, 6.45) is 5.32. The molecule has 2 heterocycles. The summed E-state index contributed by atoms with van der Waals surface area (Å²) in [6.45, 7) is 8.56. The Morgan fingerprint density at radius 2 is 2.00 bits per heavy atom. The molecule has 5 nitrogen and oxygen atoms in total. The first-order valence-electron chi connectivity index (χ1n) is 8.39. The maximum Gasteiger partial charge on any atom is 0.317 e. The summed E-state index contributed by atoms with van der Waals surface area (Å²) in [5.74, 6) is -1.29. The second-order valence-electron chi connectivity index (χ2n) is 7.75. The van der Waals surface area contributed by atoms with Gasteiger partial charge >= 0.3 is 5.97 Å². The van der Waals surface area contributed by atoms with Crippen molar-refractivity contribution < 1.29 is 23.7 Å². The summed E-state index contributed by atoms with van der Waals surface area (Å²) >= 11 is 0. The molecule has 0 N–H and O–H groups in total. The van der Waals surface area contributed by atoms with Crippen LogP contribution in [0.3, 0.4) is 0 Å². The summed E-state index contributed by atoms with van der Waals surface area (Å²) in [7, 11) is 3.00. The second kappa shape index (κ2) is 5.30. The Balaban J connectivity index is 2.09. The number of carbonyl (C=O) groups is 1. The van der Waals surface area contributed by atoms with Crippen LogP contribution in [0.1, 0.15) is 52.4 Å². The van der Waals surface area contributed by atoms with E-state index in [0.29, 0.717) is 12.8 Å². The smallest absolute Gasteiger partial charge is 0.317 e. The standard InChI is InChI=1S/C18H28O5/c1-13-7-6-8-15(2)9-10-18(22-12-20-4)16(3,14(19)21-5)11-17(13,15)23-18/h1,6-12H2,2-5H3/t15-,16-,17-,18+/m0/s1. The molecule has 3 aliphatic rings. The monoisotopic (exact) mass is 324 g/mol. The molecule has 0 unspecified atom stereocenters. The predicted molar refractivity (Wildman–Crippen MR) is 84.6 cm³/mol. The molecule has 1 saturated carbocycles. The molecule has 2 aliphatic heterocycles. The molecule has 2 saturated heterocycles. The number of esters is 1. The molecule has 0 aromatic heterocycles. The molecule has 1 aliphatic carbocycles. The number of hydrogen-bond acceptors (Lipinski definition) is 5. The molecule has 0 aromatic rings. The van der Waals surface area contributed by atoms with Crippen LogP contribution in [0.5, 0.6) is 0 Å². The zero-order chi connectivity index (χ0) is 16.9. The van der Waals surface area contributed by atoms with Gasteiger partial charge in [0.05, 0.1) is 12.7 Å².